The predicted molar refractivity (Wildman–Crippen MR) is 79.4 cm³/mol. The largest absolute Gasteiger partial charge is 0.508 e. The number of phenols is 1. The fourth-order valence-electron chi connectivity index (χ4n) is 2.39. The van der Waals surface area contributed by atoms with E-state index in [-0.39, 0.29) is 11.9 Å². The Balaban J connectivity index is 2.10. The van der Waals surface area contributed by atoms with Gasteiger partial charge in [0.2, 0.25) is 0 Å². The van der Waals surface area contributed by atoms with Gasteiger partial charge in [0.15, 0.2) is 0 Å². The molecule has 0 fully saturated rings. The highest BCUT2D eigenvalue weighted by atomic mass is 16.6. The average Bonchev–Trinajstić information content (AvgIpc) is 2.37. The van der Waals surface area contributed by atoms with Crippen LogP contribution in [0.4, 0.5) is 4.79 Å². The quantitative estimate of drug-likeness (QED) is 0.911. The summed E-state index contributed by atoms with van der Waals surface area (Å²) in [4.78, 5) is 13.5. The SMILES string of the molecule is CN(CC1OCCc2cccc(O)c21)C(=O)OC(C)(C)C. The van der Waals surface area contributed by atoms with E-state index in [1.54, 1.807) is 13.1 Å². The summed E-state index contributed by atoms with van der Waals surface area (Å²) >= 11 is 0. The summed E-state index contributed by atoms with van der Waals surface area (Å²) < 4.78 is 11.1. The number of rotatable bonds is 2. The summed E-state index contributed by atoms with van der Waals surface area (Å²) in [6.45, 7) is 6.42. The molecular formula is C16H23NO4. The zero-order chi connectivity index (χ0) is 15.6. The third kappa shape index (κ3) is 3.88. The van der Waals surface area contributed by atoms with Crippen molar-refractivity contribution in [3.8, 4) is 5.75 Å². The number of ether oxygens (including phenoxy) is 2. The van der Waals surface area contributed by atoms with Crippen LogP contribution in [0, 0.1) is 0 Å². The van der Waals surface area contributed by atoms with Crippen LogP contribution in [0.25, 0.3) is 0 Å². The van der Waals surface area contributed by atoms with E-state index in [0.29, 0.717) is 13.2 Å². The van der Waals surface area contributed by atoms with Crippen molar-refractivity contribution in [1.29, 1.82) is 0 Å². The number of benzene rings is 1. The van der Waals surface area contributed by atoms with Crippen LogP contribution in [0.1, 0.15) is 38.0 Å². The molecule has 5 heteroatoms. The molecule has 5 nitrogen and oxygen atoms in total. The first-order chi connectivity index (χ1) is 9.78. The van der Waals surface area contributed by atoms with Crippen LogP contribution < -0.4 is 0 Å². The molecule has 1 aliphatic rings. The molecule has 0 saturated heterocycles. The monoisotopic (exact) mass is 293 g/mol. The highest BCUT2D eigenvalue weighted by molar-refractivity contribution is 5.67. The molecule has 2 rings (SSSR count). The standard InChI is InChI=1S/C16H23NO4/c1-16(2,3)21-15(19)17(4)10-13-14-11(8-9-20-13)6-5-7-12(14)18/h5-7,13,18H,8-10H2,1-4H3. The molecule has 0 radical (unpaired) electrons. The lowest BCUT2D eigenvalue weighted by Gasteiger charge is -2.31. The second-order valence-electron chi connectivity index (χ2n) is 6.32. The fourth-order valence-corrected chi connectivity index (χ4v) is 2.39. The van der Waals surface area contributed by atoms with E-state index in [4.69, 9.17) is 9.47 Å². The van der Waals surface area contributed by atoms with Crippen LogP contribution in [-0.4, -0.2) is 41.9 Å². The fraction of sp³-hybridized carbons (Fsp3) is 0.562. The summed E-state index contributed by atoms with van der Waals surface area (Å²) in [6, 6.07) is 5.46. The number of hydrogen-bond acceptors (Lipinski definition) is 4. The molecule has 1 amide bonds. The van der Waals surface area contributed by atoms with Crippen molar-refractivity contribution in [2.45, 2.75) is 38.9 Å². The zero-order valence-electron chi connectivity index (χ0n) is 13.0. The van der Waals surface area contributed by atoms with Crippen LogP contribution in [-0.2, 0) is 15.9 Å². The molecule has 0 spiro atoms. The molecule has 0 bridgehead atoms. The van der Waals surface area contributed by atoms with E-state index in [1.165, 1.54) is 4.90 Å². The van der Waals surface area contributed by atoms with Crippen LogP contribution in [0.2, 0.25) is 0 Å². The summed E-state index contributed by atoms with van der Waals surface area (Å²) in [5.41, 5.74) is 1.32. The third-order valence-electron chi connectivity index (χ3n) is 3.33. The van der Waals surface area contributed by atoms with Crippen molar-refractivity contribution < 1.29 is 19.4 Å². The number of carbonyl (C=O) groups is 1. The van der Waals surface area contributed by atoms with Crippen molar-refractivity contribution >= 4 is 6.09 Å². The first kappa shape index (κ1) is 15.6. The Morgan fingerprint density at radius 2 is 2.19 bits per heavy atom. The van der Waals surface area contributed by atoms with Gasteiger partial charge in [-0.05, 0) is 38.8 Å². The molecule has 1 atom stereocenters. The predicted octanol–water partition coefficient (Wildman–Crippen LogP) is 2.87. The maximum atomic E-state index is 12.0. The molecule has 1 aromatic rings. The lowest BCUT2D eigenvalue weighted by atomic mass is 9.96. The van der Waals surface area contributed by atoms with Crippen molar-refractivity contribution in [2.24, 2.45) is 0 Å². The first-order valence-corrected chi connectivity index (χ1v) is 7.14. The van der Waals surface area contributed by atoms with Crippen molar-refractivity contribution in [3.63, 3.8) is 0 Å². The summed E-state index contributed by atoms with van der Waals surface area (Å²) in [5, 5.41) is 10.1. The van der Waals surface area contributed by atoms with Gasteiger partial charge in [0.05, 0.1) is 13.2 Å². The van der Waals surface area contributed by atoms with Gasteiger partial charge in [-0.25, -0.2) is 4.79 Å². The Kier molecular flexibility index (Phi) is 4.42. The lowest BCUT2D eigenvalue weighted by Crippen LogP contribution is -2.37. The van der Waals surface area contributed by atoms with Crippen molar-refractivity contribution in [3.05, 3.63) is 29.3 Å². The number of nitrogens with zero attached hydrogens (tertiary/aromatic N) is 1. The van der Waals surface area contributed by atoms with Crippen LogP contribution in [0.15, 0.2) is 18.2 Å². The molecule has 1 heterocycles. The van der Waals surface area contributed by atoms with E-state index in [1.807, 2.05) is 32.9 Å². The van der Waals surface area contributed by atoms with E-state index < -0.39 is 11.7 Å². The van der Waals surface area contributed by atoms with Crippen molar-refractivity contribution in [2.75, 3.05) is 20.2 Å². The second kappa shape index (κ2) is 5.93. The topological polar surface area (TPSA) is 59.0 Å². The third-order valence-corrected chi connectivity index (χ3v) is 3.33. The number of amides is 1. The maximum Gasteiger partial charge on any atom is 0.410 e. The van der Waals surface area contributed by atoms with Crippen LogP contribution in [0.3, 0.4) is 0 Å². The molecule has 21 heavy (non-hydrogen) atoms. The Bertz CT molecular complexity index is 521. The lowest BCUT2D eigenvalue weighted by molar-refractivity contribution is -0.00248. The molecule has 1 unspecified atom stereocenters. The summed E-state index contributed by atoms with van der Waals surface area (Å²) in [7, 11) is 1.67. The Hall–Kier alpha value is -1.75. The molecule has 1 aromatic carbocycles. The van der Waals surface area contributed by atoms with Crippen LogP contribution >= 0.6 is 0 Å². The minimum atomic E-state index is -0.529. The Labute approximate surface area is 125 Å². The van der Waals surface area contributed by atoms with Gasteiger partial charge in [-0.15, -0.1) is 0 Å². The molecular weight excluding hydrogens is 270 g/mol. The van der Waals surface area contributed by atoms with Gasteiger partial charge < -0.3 is 19.5 Å². The number of likely N-dealkylation sites (N-methyl/N-ethyl adjacent to an activating group) is 1. The van der Waals surface area contributed by atoms with E-state index in [9.17, 15) is 9.90 Å². The highest BCUT2D eigenvalue weighted by Gasteiger charge is 2.28. The molecule has 0 aliphatic carbocycles. The van der Waals surface area contributed by atoms with E-state index >= 15 is 0 Å². The number of hydrogen-bond donors (Lipinski definition) is 1. The zero-order valence-corrected chi connectivity index (χ0v) is 13.0. The van der Waals surface area contributed by atoms with Gasteiger partial charge in [-0.2, -0.15) is 0 Å². The number of fused-ring (bicyclic) bond motifs is 1. The van der Waals surface area contributed by atoms with Gasteiger partial charge in [0.25, 0.3) is 0 Å². The van der Waals surface area contributed by atoms with Gasteiger partial charge in [-0.3, -0.25) is 0 Å². The molecule has 1 N–H and O–H groups in total. The Morgan fingerprint density at radius 3 is 2.86 bits per heavy atom. The average molecular weight is 293 g/mol. The minimum absolute atomic E-state index is 0.217. The first-order valence-electron chi connectivity index (χ1n) is 7.14. The molecule has 0 aromatic heterocycles. The maximum absolute atomic E-state index is 12.0. The molecule has 116 valence electrons. The Morgan fingerprint density at radius 1 is 1.48 bits per heavy atom. The smallest absolute Gasteiger partial charge is 0.410 e. The normalized spacial score (nSPS) is 18.0. The van der Waals surface area contributed by atoms with E-state index in [0.717, 1.165) is 17.5 Å². The number of aromatic hydroxyl groups is 1. The summed E-state index contributed by atoms with van der Waals surface area (Å²) in [6.07, 6.45) is 0.0530. The number of carbonyl (C=O) groups excluding carboxylic acids is 1. The second-order valence-corrected chi connectivity index (χ2v) is 6.32. The van der Waals surface area contributed by atoms with Gasteiger partial charge in [0.1, 0.15) is 17.5 Å². The van der Waals surface area contributed by atoms with Crippen LogP contribution in [0.5, 0.6) is 5.75 Å². The minimum Gasteiger partial charge on any atom is -0.508 e. The molecule has 1 aliphatic heterocycles. The van der Waals surface area contributed by atoms with Gasteiger partial charge >= 0.3 is 6.09 Å². The highest BCUT2D eigenvalue weighted by Crippen LogP contribution is 2.34. The summed E-state index contributed by atoms with van der Waals surface area (Å²) in [5.74, 6) is 0.217. The molecule has 0 saturated carbocycles. The van der Waals surface area contributed by atoms with Crippen molar-refractivity contribution in [1.82, 2.24) is 4.90 Å². The number of phenolic OH excluding ortho intramolecular Hbond substituents is 1. The van der Waals surface area contributed by atoms with Gasteiger partial charge in [0, 0.05) is 12.6 Å². The van der Waals surface area contributed by atoms with Gasteiger partial charge in [-0.1, -0.05) is 12.1 Å². The van der Waals surface area contributed by atoms with E-state index in [2.05, 4.69) is 0 Å².